The molecule has 1 aliphatic heterocycles. The highest BCUT2D eigenvalue weighted by Crippen LogP contribution is 2.22. The molecule has 0 saturated heterocycles. The summed E-state index contributed by atoms with van der Waals surface area (Å²) in [7, 11) is 0. The van der Waals surface area contributed by atoms with Crippen LogP contribution in [0.2, 0.25) is 0 Å². The zero-order valence-corrected chi connectivity index (χ0v) is 9.18. The largest absolute Gasteiger partial charge is 0.351 e. The first kappa shape index (κ1) is 11.3. The van der Waals surface area contributed by atoms with Crippen molar-refractivity contribution in [2.75, 3.05) is 6.54 Å². The topological polar surface area (TPSA) is 66.5 Å². The molecule has 0 spiro atoms. The van der Waals surface area contributed by atoms with E-state index in [2.05, 4.69) is 5.32 Å². The van der Waals surface area contributed by atoms with Crippen LogP contribution in [0.1, 0.15) is 11.1 Å². The van der Waals surface area contributed by atoms with E-state index >= 15 is 0 Å². The van der Waals surface area contributed by atoms with Gasteiger partial charge in [0.1, 0.15) is 0 Å². The molecule has 0 fully saturated rings. The van der Waals surface area contributed by atoms with Crippen molar-refractivity contribution in [2.24, 2.45) is 0 Å². The zero-order chi connectivity index (χ0) is 12.3. The predicted molar refractivity (Wildman–Crippen MR) is 59.8 cm³/mol. The van der Waals surface area contributed by atoms with Gasteiger partial charge in [0.2, 0.25) is 12.2 Å². The molecule has 5 nitrogen and oxygen atoms in total. The van der Waals surface area contributed by atoms with E-state index in [0.717, 1.165) is 11.1 Å². The van der Waals surface area contributed by atoms with Crippen molar-refractivity contribution in [2.45, 2.75) is 13.1 Å². The van der Waals surface area contributed by atoms with Crippen molar-refractivity contribution in [3.8, 4) is 0 Å². The van der Waals surface area contributed by atoms with Gasteiger partial charge in [-0.15, -0.1) is 0 Å². The number of rotatable bonds is 4. The second-order valence-electron chi connectivity index (χ2n) is 3.85. The van der Waals surface area contributed by atoms with Crippen LogP contribution in [0, 0.1) is 0 Å². The molecule has 1 aromatic rings. The van der Waals surface area contributed by atoms with Crippen molar-refractivity contribution in [3.63, 3.8) is 0 Å². The molecule has 2 amide bonds. The van der Waals surface area contributed by atoms with E-state index in [1.54, 1.807) is 0 Å². The summed E-state index contributed by atoms with van der Waals surface area (Å²) < 4.78 is 0. The quantitative estimate of drug-likeness (QED) is 0.579. The minimum absolute atomic E-state index is 0.241. The lowest BCUT2D eigenvalue weighted by molar-refractivity contribution is -0.144. The van der Waals surface area contributed by atoms with Gasteiger partial charge in [0.25, 0.3) is 5.91 Å². The fourth-order valence-electron chi connectivity index (χ4n) is 1.86. The fraction of sp³-hybridized carbons (Fsp3) is 0.250. The van der Waals surface area contributed by atoms with E-state index in [0.29, 0.717) is 19.5 Å². The molecule has 0 bridgehead atoms. The third-order valence-corrected chi connectivity index (χ3v) is 2.71. The maximum Gasteiger partial charge on any atom is 0.292 e. The molecule has 0 radical (unpaired) electrons. The summed E-state index contributed by atoms with van der Waals surface area (Å²) in [4.78, 5) is 34.7. The van der Waals surface area contributed by atoms with E-state index in [-0.39, 0.29) is 6.54 Å². The number of hydrogen-bond donors (Lipinski definition) is 1. The van der Waals surface area contributed by atoms with Crippen molar-refractivity contribution in [1.82, 2.24) is 10.2 Å². The smallest absolute Gasteiger partial charge is 0.292 e. The molecule has 17 heavy (non-hydrogen) atoms. The average molecular weight is 232 g/mol. The van der Waals surface area contributed by atoms with Gasteiger partial charge in [0, 0.05) is 13.1 Å². The summed E-state index contributed by atoms with van der Waals surface area (Å²) in [5.74, 6) is -1.14. The maximum absolute atomic E-state index is 11.7. The van der Waals surface area contributed by atoms with Crippen molar-refractivity contribution in [1.29, 1.82) is 0 Å². The molecule has 0 aliphatic carbocycles. The summed E-state index contributed by atoms with van der Waals surface area (Å²) in [6.45, 7) is 0.679. The number of nitrogens with one attached hydrogen (secondary N) is 1. The molecule has 2 rings (SSSR count). The SMILES string of the molecule is O=CNCC(=O)C(=O)N1Cc2ccccc2C1. The molecule has 1 aliphatic rings. The van der Waals surface area contributed by atoms with Crippen LogP contribution < -0.4 is 5.32 Å². The third kappa shape index (κ3) is 2.33. The Morgan fingerprint density at radius 1 is 1.24 bits per heavy atom. The van der Waals surface area contributed by atoms with Crippen LogP contribution in [-0.4, -0.2) is 29.5 Å². The number of carbonyl (C=O) groups excluding carboxylic acids is 3. The van der Waals surface area contributed by atoms with Gasteiger partial charge >= 0.3 is 0 Å². The lowest BCUT2D eigenvalue weighted by atomic mass is 10.1. The summed E-state index contributed by atoms with van der Waals surface area (Å²) >= 11 is 0. The van der Waals surface area contributed by atoms with Crippen molar-refractivity contribution < 1.29 is 14.4 Å². The van der Waals surface area contributed by atoms with Gasteiger partial charge in [-0.1, -0.05) is 24.3 Å². The lowest BCUT2D eigenvalue weighted by Crippen LogP contribution is -2.37. The Morgan fingerprint density at radius 2 is 1.82 bits per heavy atom. The Bertz CT molecular complexity index is 446. The normalized spacial score (nSPS) is 13.1. The number of fused-ring (bicyclic) bond motifs is 1. The Morgan fingerprint density at radius 3 is 2.35 bits per heavy atom. The highest BCUT2D eigenvalue weighted by atomic mass is 16.2. The average Bonchev–Trinajstić information content (AvgIpc) is 2.78. The van der Waals surface area contributed by atoms with Gasteiger partial charge in [-0.25, -0.2) is 0 Å². The molecule has 1 N–H and O–H groups in total. The van der Waals surface area contributed by atoms with E-state index in [4.69, 9.17) is 0 Å². The number of nitrogens with zero attached hydrogens (tertiary/aromatic N) is 1. The minimum atomic E-state index is -0.593. The second-order valence-corrected chi connectivity index (χ2v) is 3.85. The monoisotopic (exact) mass is 232 g/mol. The second kappa shape index (κ2) is 4.78. The standard InChI is InChI=1S/C12H12N2O3/c15-8-13-5-11(16)12(17)14-6-9-3-1-2-4-10(9)7-14/h1-4,8H,5-7H2,(H,13,15). The van der Waals surface area contributed by atoms with Crippen molar-refractivity contribution in [3.05, 3.63) is 35.4 Å². The number of Topliss-reactive ketones (excluding diaryl/α,β-unsaturated/α-hetero) is 1. The molecule has 0 saturated carbocycles. The Kier molecular flexibility index (Phi) is 3.18. The van der Waals surface area contributed by atoms with Crippen LogP contribution in [-0.2, 0) is 27.5 Å². The van der Waals surface area contributed by atoms with Crippen LogP contribution in [0.4, 0.5) is 0 Å². The first-order valence-electron chi connectivity index (χ1n) is 5.28. The summed E-state index contributed by atoms with van der Waals surface area (Å²) in [5, 5.41) is 2.20. The summed E-state index contributed by atoms with van der Waals surface area (Å²) in [6, 6.07) is 7.69. The molecule has 1 aromatic carbocycles. The van der Waals surface area contributed by atoms with E-state index < -0.39 is 11.7 Å². The molecule has 88 valence electrons. The molecular weight excluding hydrogens is 220 g/mol. The van der Waals surface area contributed by atoms with E-state index in [1.807, 2.05) is 24.3 Å². The van der Waals surface area contributed by atoms with Crippen LogP contribution in [0.3, 0.4) is 0 Å². The zero-order valence-electron chi connectivity index (χ0n) is 9.18. The number of hydrogen-bond acceptors (Lipinski definition) is 3. The minimum Gasteiger partial charge on any atom is -0.351 e. The van der Waals surface area contributed by atoms with E-state index in [9.17, 15) is 14.4 Å². The molecule has 5 heteroatoms. The highest BCUT2D eigenvalue weighted by molar-refractivity contribution is 6.37. The molecule has 0 aromatic heterocycles. The van der Waals surface area contributed by atoms with Gasteiger partial charge < -0.3 is 10.2 Å². The van der Waals surface area contributed by atoms with Crippen molar-refractivity contribution >= 4 is 18.1 Å². The summed E-state index contributed by atoms with van der Waals surface area (Å²) in [6.07, 6.45) is 0.407. The lowest BCUT2D eigenvalue weighted by Gasteiger charge is -2.13. The third-order valence-electron chi connectivity index (χ3n) is 2.71. The van der Waals surface area contributed by atoms with Crippen LogP contribution in [0.15, 0.2) is 24.3 Å². The van der Waals surface area contributed by atoms with E-state index in [1.165, 1.54) is 4.90 Å². The first-order valence-corrected chi connectivity index (χ1v) is 5.28. The van der Waals surface area contributed by atoms with Crippen LogP contribution >= 0.6 is 0 Å². The van der Waals surface area contributed by atoms with Gasteiger partial charge in [0.15, 0.2) is 0 Å². The van der Waals surface area contributed by atoms with Gasteiger partial charge in [-0.2, -0.15) is 0 Å². The molecule has 0 atom stereocenters. The Labute approximate surface area is 98.4 Å². The molecule has 0 unspecified atom stereocenters. The number of benzene rings is 1. The fourth-order valence-corrected chi connectivity index (χ4v) is 1.86. The molecule has 1 heterocycles. The van der Waals surface area contributed by atoms with Crippen LogP contribution in [0.25, 0.3) is 0 Å². The first-order chi connectivity index (χ1) is 8.22. The molecular formula is C12H12N2O3. The number of ketones is 1. The van der Waals surface area contributed by atoms with Gasteiger partial charge in [-0.05, 0) is 11.1 Å². The summed E-state index contributed by atoms with van der Waals surface area (Å²) in [5.41, 5.74) is 2.13. The van der Waals surface area contributed by atoms with Crippen LogP contribution in [0.5, 0.6) is 0 Å². The number of amides is 2. The van der Waals surface area contributed by atoms with Gasteiger partial charge in [0.05, 0.1) is 6.54 Å². The Balaban J connectivity index is 2.00. The van der Waals surface area contributed by atoms with Gasteiger partial charge in [-0.3, -0.25) is 14.4 Å². The Hall–Kier alpha value is -2.17. The highest BCUT2D eigenvalue weighted by Gasteiger charge is 2.26. The predicted octanol–water partition coefficient (Wildman–Crippen LogP) is -0.156. The maximum atomic E-state index is 11.7. The number of carbonyl (C=O) groups is 3.